The quantitative estimate of drug-likeness (QED) is 0.0305. The van der Waals surface area contributed by atoms with Crippen LogP contribution in [0, 0.1) is 17.8 Å². The highest BCUT2D eigenvalue weighted by Crippen LogP contribution is 2.22. The Bertz CT molecular complexity index is 2180. The number of carbonyl (C=O) groups is 8. The molecule has 0 bridgehead atoms. The lowest BCUT2D eigenvalue weighted by atomic mass is 9.95. The fourth-order valence-corrected chi connectivity index (χ4v) is 8.09. The molecule has 0 aliphatic carbocycles. The minimum Gasteiger partial charge on any atom is -0.508 e. The molecule has 2 aromatic rings. The number of nitrogens with one attached hydrogen (secondary N) is 7. The number of aromatic nitrogens is 2. The predicted molar refractivity (Wildman–Crippen MR) is 269 cm³/mol. The number of phenols is 1. The number of aromatic amines is 1. The molecule has 1 aliphatic heterocycles. The van der Waals surface area contributed by atoms with E-state index in [0.29, 0.717) is 36.9 Å². The number of rotatable bonds is 28. The van der Waals surface area contributed by atoms with Crippen molar-refractivity contribution in [3.63, 3.8) is 0 Å². The van der Waals surface area contributed by atoms with Crippen molar-refractivity contribution in [3.8, 4) is 5.75 Å². The first kappa shape index (κ1) is 59.5. The number of nitrogens with two attached hydrogens (primary N) is 2. The molecule has 0 unspecified atom stereocenters. The van der Waals surface area contributed by atoms with Crippen molar-refractivity contribution in [2.45, 2.75) is 155 Å². The number of H-pyrrole nitrogens is 1. The molecule has 1 saturated heterocycles. The lowest BCUT2D eigenvalue weighted by molar-refractivity contribution is -0.146. The number of imidazole rings is 1. The van der Waals surface area contributed by atoms with Gasteiger partial charge in [0.15, 0.2) is 5.96 Å². The van der Waals surface area contributed by atoms with Crippen molar-refractivity contribution in [1.82, 2.24) is 51.7 Å². The van der Waals surface area contributed by atoms with E-state index in [9.17, 15) is 48.6 Å². The van der Waals surface area contributed by atoms with Crippen LogP contribution in [0.5, 0.6) is 5.75 Å². The first-order valence-electron chi connectivity index (χ1n) is 24.7. The van der Waals surface area contributed by atoms with Gasteiger partial charge < -0.3 is 68.4 Å². The molecule has 23 heteroatoms. The molecule has 3 rings (SSSR count). The van der Waals surface area contributed by atoms with Gasteiger partial charge in [0.05, 0.1) is 11.9 Å². The van der Waals surface area contributed by atoms with E-state index in [2.05, 4.69) is 46.9 Å². The van der Waals surface area contributed by atoms with E-state index < -0.39 is 107 Å². The summed E-state index contributed by atoms with van der Waals surface area (Å²) in [6, 6.07) is -2.31. The van der Waals surface area contributed by atoms with Gasteiger partial charge in [-0.3, -0.25) is 38.6 Å². The number of nitrogens with zero attached hydrogens (tertiary/aromatic N) is 4. The number of phenolic OH excluding ortho intramolecular Hbond substituents is 1. The van der Waals surface area contributed by atoms with Gasteiger partial charge in [0.1, 0.15) is 48.0 Å². The Morgan fingerprint density at radius 1 is 0.861 bits per heavy atom. The Balaban J connectivity index is 1.98. The second kappa shape index (κ2) is 27.7. The van der Waals surface area contributed by atoms with Gasteiger partial charge in [-0.2, -0.15) is 0 Å². The Morgan fingerprint density at radius 3 is 2.04 bits per heavy atom. The number of carboxylic acids is 1. The summed E-state index contributed by atoms with van der Waals surface area (Å²) in [6.07, 6.45) is 4.74. The average molecular weight is 1010 g/mol. The highest BCUT2D eigenvalue weighted by molar-refractivity contribution is 5.98. The molecule has 7 amide bonds. The van der Waals surface area contributed by atoms with Crippen molar-refractivity contribution in [2.75, 3.05) is 27.2 Å². The van der Waals surface area contributed by atoms with Gasteiger partial charge in [-0.25, -0.2) is 9.78 Å². The number of carbonyl (C=O) groups excluding carboxylic acids is 7. The van der Waals surface area contributed by atoms with Crippen LogP contribution < -0.4 is 43.4 Å². The summed E-state index contributed by atoms with van der Waals surface area (Å²) in [5, 5.41) is 36.7. The van der Waals surface area contributed by atoms with E-state index in [1.165, 1.54) is 41.5 Å². The molecule has 72 heavy (non-hydrogen) atoms. The number of likely N-dealkylation sites (tertiary alicyclic amines) is 1. The van der Waals surface area contributed by atoms with Gasteiger partial charge in [0.25, 0.3) is 0 Å². The SMILES string of the molecule is CC[C@H](C)[C@H](NC(=O)[C@@H]1CCCN1C(=O)[C@H](Cc1cnc[nH]1)NC(=O)[C@@H](NC(=O)[C@H](Cc1ccc(O)cc1)N(C)C(=O)[C@@H](NC(=O)[C@H](CCCN=C(N)N)NC(=O)C(C)(C)NC)C(C)C)[C@@H](C)CC)C(=O)O. The van der Waals surface area contributed by atoms with E-state index in [1.54, 1.807) is 60.7 Å². The third-order valence-electron chi connectivity index (χ3n) is 13.5. The largest absolute Gasteiger partial charge is 0.508 e. The lowest BCUT2D eigenvalue weighted by Crippen LogP contribution is -2.62. The molecule has 2 heterocycles. The van der Waals surface area contributed by atoms with Crippen LogP contribution in [-0.2, 0) is 51.2 Å². The molecule has 0 spiro atoms. The van der Waals surface area contributed by atoms with Crippen molar-refractivity contribution < 1.29 is 48.6 Å². The molecule has 0 radical (unpaired) electrons. The zero-order valence-electron chi connectivity index (χ0n) is 43.4. The number of aliphatic carboxylic acids is 1. The Kier molecular flexibility index (Phi) is 22.9. The molecule has 1 fully saturated rings. The molecule has 400 valence electrons. The third-order valence-corrected chi connectivity index (χ3v) is 13.5. The van der Waals surface area contributed by atoms with E-state index in [1.807, 2.05) is 13.8 Å². The summed E-state index contributed by atoms with van der Waals surface area (Å²) in [7, 11) is 3.00. The number of likely N-dealkylation sites (N-methyl/N-ethyl adjacent to an activating group) is 2. The molecule has 9 atom stereocenters. The number of hydrogen-bond acceptors (Lipinski definition) is 12. The van der Waals surface area contributed by atoms with Crippen LogP contribution >= 0.6 is 0 Å². The summed E-state index contributed by atoms with van der Waals surface area (Å²) in [5.41, 5.74) is 11.0. The minimum atomic E-state index is -1.30. The van der Waals surface area contributed by atoms with Crippen LogP contribution in [0.1, 0.15) is 105 Å². The van der Waals surface area contributed by atoms with Crippen LogP contribution in [0.25, 0.3) is 0 Å². The Hall–Kier alpha value is -6.78. The van der Waals surface area contributed by atoms with Crippen molar-refractivity contribution in [1.29, 1.82) is 0 Å². The normalized spacial score (nSPS) is 16.9. The highest BCUT2D eigenvalue weighted by atomic mass is 16.4. The molecular formula is C49H79N13O10. The number of amides is 7. The van der Waals surface area contributed by atoms with E-state index in [4.69, 9.17) is 11.5 Å². The number of guanidine groups is 1. The van der Waals surface area contributed by atoms with Crippen molar-refractivity contribution in [2.24, 2.45) is 34.2 Å². The van der Waals surface area contributed by atoms with E-state index in [-0.39, 0.29) is 56.4 Å². The maximum absolute atomic E-state index is 14.8. The molecule has 13 N–H and O–H groups in total. The first-order valence-corrected chi connectivity index (χ1v) is 24.7. The molecular weight excluding hydrogens is 931 g/mol. The van der Waals surface area contributed by atoms with Gasteiger partial charge in [-0.05, 0) is 82.0 Å². The van der Waals surface area contributed by atoms with Gasteiger partial charge in [-0.15, -0.1) is 0 Å². The third kappa shape index (κ3) is 16.9. The van der Waals surface area contributed by atoms with Crippen molar-refractivity contribution in [3.05, 3.63) is 48.0 Å². The standard InChI is InChI=1S/C49H79N13O10/c1-11-28(5)38(43(67)56-34(24-31-25-53-26-55-31)44(68)62-22-14-16-35(62)41(65)60-39(46(70)71)29(6)12-2)59-42(66)36(23-30-17-19-32(63)20-18-30)61(10)45(69)37(27(3)4)58-40(64)33(15-13-21-54-48(50)51)57-47(72)49(7,8)52-9/h17-20,25-29,33-39,52,63H,11-16,21-24H2,1-10H3,(H,53,55)(H,56,67)(H,57,72)(H,58,64)(H,59,66)(H,60,65)(H,70,71)(H4,50,51,54)/t28-,29-,33-,34-,35-,36-,37-,38-,39-/m0/s1. The lowest BCUT2D eigenvalue weighted by Gasteiger charge is -2.35. The molecule has 1 aromatic carbocycles. The monoisotopic (exact) mass is 1010 g/mol. The van der Waals surface area contributed by atoms with Crippen LogP contribution in [0.15, 0.2) is 41.8 Å². The summed E-state index contributed by atoms with van der Waals surface area (Å²) in [6.45, 7) is 14.1. The van der Waals surface area contributed by atoms with Crippen LogP contribution in [0.2, 0.25) is 0 Å². The zero-order chi connectivity index (χ0) is 54.0. The van der Waals surface area contributed by atoms with E-state index in [0.717, 1.165) is 0 Å². The smallest absolute Gasteiger partial charge is 0.326 e. The maximum Gasteiger partial charge on any atom is 0.326 e. The summed E-state index contributed by atoms with van der Waals surface area (Å²) >= 11 is 0. The fourth-order valence-electron chi connectivity index (χ4n) is 8.09. The van der Waals surface area contributed by atoms with Gasteiger partial charge in [-0.1, -0.05) is 66.5 Å². The number of benzene rings is 1. The summed E-state index contributed by atoms with van der Waals surface area (Å²) < 4.78 is 0. The highest BCUT2D eigenvalue weighted by Gasteiger charge is 2.42. The second-order valence-electron chi connectivity index (χ2n) is 19.5. The average Bonchev–Trinajstić information content (AvgIpc) is 4.06. The number of hydrogen-bond donors (Lipinski definition) is 11. The zero-order valence-corrected chi connectivity index (χ0v) is 43.4. The molecule has 0 saturated carbocycles. The fraction of sp³-hybridized carbons (Fsp3) is 0.633. The van der Waals surface area contributed by atoms with Crippen molar-refractivity contribution >= 4 is 53.3 Å². The molecule has 1 aromatic heterocycles. The first-order chi connectivity index (χ1) is 33.9. The van der Waals surface area contributed by atoms with E-state index >= 15 is 0 Å². The van der Waals surface area contributed by atoms with Gasteiger partial charge in [0, 0.05) is 44.9 Å². The topological polar surface area (TPSA) is 349 Å². The van der Waals surface area contributed by atoms with Crippen LogP contribution in [0.3, 0.4) is 0 Å². The number of carboxylic acid groups (broad SMARTS) is 1. The Labute approximate surface area is 422 Å². The Morgan fingerprint density at radius 2 is 1.49 bits per heavy atom. The maximum atomic E-state index is 14.8. The predicted octanol–water partition coefficient (Wildman–Crippen LogP) is 0.0269. The van der Waals surface area contributed by atoms with Gasteiger partial charge in [0.2, 0.25) is 41.4 Å². The molecule has 1 aliphatic rings. The van der Waals surface area contributed by atoms with Crippen LogP contribution in [-0.4, -0.2) is 158 Å². The molecule has 23 nitrogen and oxygen atoms in total. The second-order valence-corrected chi connectivity index (χ2v) is 19.5. The van der Waals surface area contributed by atoms with Crippen LogP contribution in [0.4, 0.5) is 0 Å². The van der Waals surface area contributed by atoms with Gasteiger partial charge >= 0.3 is 5.97 Å². The number of aliphatic imine (C=N–C) groups is 1. The summed E-state index contributed by atoms with van der Waals surface area (Å²) in [4.78, 5) is 125. The summed E-state index contributed by atoms with van der Waals surface area (Å²) in [5.74, 6) is -7.30. The minimum absolute atomic E-state index is 0.0334. The number of aromatic hydroxyl groups is 1.